The molecular weight excluding hydrogens is 336 g/mol. The van der Waals surface area contributed by atoms with Gasteiger partial charge < -0.3 is 9.88 Å². The average molecular weight is 354 g/mol. The third-order valence-electron chi connectivity index (χ3n) is 4.50. The van der Waals surface area contributed by atoms with E-state index < -0.39 is 0 Å². The lowest BCUT2D eigenvalue weighted by Gasteiger charge is -2.11. The second kappa shape index (κ2) is 7.30. The molecule has 1 heterocycles. The third kappa shape index (κ3) is 3.65. The molecule has 0 aliphatic carbocycles. The molecule has 4 heteroatoms. The lowest BCUT2D eigenvalue weighted by molar-refractivity contribution is 0.102. The standard InChI is InChI=1S/C23H18N2O2/c26-22-14-13-19(23(27)24-20-10-2-1-3-11-20)16-25(22)15-18-9-6-8-17-7-4-5-12-21(17)18/h1-14,16H,15H2,(H,24,27). The van der Waals surface area contributed by atoms with Crippen LogP contribution < -0.4 is 10.9 Å². The maximum absolute atomic E-state index is 12.5. The van der Waals surface area contributed by atoms with Gasteiger partial charge in [0.05, 0.1) is 12.1 Å². The van der Waals surface area contributed by atoms with Crippen molar-refractivity contribution in [2.75, 3.05) is 5.32 Å². The molecule has 0 saturated heterocycles. The monoisotopic (exact) mass is 354 g/mol. The topological polar surface area (TPSA) is 51.1 Å². The van der Waals surface area contributed by atoms with E-state index in [9.17, 15) is 9.59 Å². The van der Waals surface area contributed by atoms with E-state index in [1.807, 2.05) is 72.8 Å². The number of carbonyl (C=O) groups excluding carboxylic acids is 1. The van der Waals surface area contributed by atoms with Gasteiger partial charge in [0.15, 0.2) is 0 Å². The molecule has 4 aromatic rings. The maximum atomic E-state index is 12.5. The Hall–Kier alpha value is -3.66. The zero-order chi connectivity index (χ0) is 18.6. The number of carbonyl (C=O) groups is 1. The minimum atomic E-state index is -0.243. The molecule has 0 spiro atoms. The van der Waals surface area contributed by atoms with Crippen molar-refractivity contribution in [1.29, 1.82) is 0 Å². The minimum Gasteiger partial charge on any atom is -0.322 e. The van der Waals surface area contributed by atoms with Crippen LogP contribution in [0.25, 0.3) is 10.8 Å². The van der Waals surface area contributed by atoms with Crippen LogP contribution in [0.5, 0.6) is 0 Å². The molecule has 3 aromatic carbocycles. The molecule has 0 aliphatic rings. The number of nitrogens with zero attached hydrogens (tertiary/aromatic N) is 1. The quantitative estimate of drug-likeness (QED) is 0.594. The average Bonchev–Trinajstić information content (AvgIpc) is 2.70. The number of fused-ring (bicyclic) bond motifs is 1. The summed E-state index contributed by atoms with van der Waals surface area (Å²) in [6, 6.07) is 26.3. The van der Waals surface area contributed by atoms with Crippen LogP contribution in [0.1, 0.15) is 15.9 Å². The van der Waals surface area contributed by atoms with Gasteiger partial charge in [0.1, 0.15) is 0 Å². The van der Waals surface area contributed by atoms with Crippen LogP contribution in [0.3, 0.4) is 0 Å². The highest BCUT2D eigenvalue weighted by atomic mass is 16.2. The zero-order valence-electron chi connectivity index (χ0n) is 14.6. The number of pyridine rings is 1. The summed E-state index contributed by atoms with van der Waals surface area (Å²) in [5, 5.41) is 5.07. The molecular formula is C23H18N2O2. The van der Waals surface area contributed by atoms with E-state index in [0.29, 0.717) is 17.8 Å². The maximum Gasteiger partial charge on any atom is 0.257 e. The van der Waals surface area contributed by atoms with Crippen molar-refractivity contribution in [1.82, 2.24) is 4.57 Å². The van der Waals surface area contributed by atoms with E-state index in [0.717, 1.165) is 16.3 Å². The number of hydrogen-bond donors (Lipinski definition) is 1. The Labute approximate surface area is 156 Å². The minimum absolute atomic E-state index is 0.140. The Morgan fingerprint density at radius 2 is 1.56 bits per heavy atom. The van der Waals surface area contributed by atoms with Gasteiger partial charge in [-0.3, -0.25) is 9.59 Å². The number of rotatable bonds is 4. The first-order chi connectivity index (χ1) is 13.2. The van der Waals surface area contributed by atoms with Crippen LogP contribution in [0, 0.1) is 0 Å². The summed E-state index contributed by atoms with van der Waals surface area (Å²) in [7, 11) is 0. The molecule has 1 aromatic heterocycles. The zero-order valence-corrected chi connectivity index (χ0v) is 14.6. The first kappa shape index (κ1) is 16.8. The molecule has 4 nitrogen and oxygen atoms in total. The highest BCUT2D eigenvalue weighted by molar-refractivity contribution is 6.04. The van der Waals surface area contributed by atoms with Crippen molar-refractivity contribution in [3.8, 4) is 0 Å². The van der Waals surface area contributed by atoms with Crippen molar-refractivity contribution < 1.29 is 4.79 Å². The number of aromatic nitrogens is 1. The Bertz CT molecular complexity index is 1160. The normalized spacial score (nSPS) is 10.7. The van der Waals surface area contributed by atoms with E-state index >= 15 is 0 Å². The molecule has 0 bridgehead atoms. The van der Waals surface area contributed by atoms with E-state index in [1.54, 1.807) is 16.8 Å². The van der Waals surface area contributed by atoms with Gasteiger partial charge in [0, 0.05) is 18.0 Å². The third-order valence-corrected chi connectivity index (χ3v) is 4.50. The van der Waals surface area contributed by atoms with Gasteiger partial charge in [-0.15, -0.1) is 0 Å². The van der Waals surface area contributed by atoms with Crippen LogP contribution in [-0.2, 0) is 6.54 Å². The summed E-state index contributed by atoms with van der Waals surface area (Å²) in [5.41, 5.74) is 2.06. The van der Waals surface area contributed by atoms with Gasteiger partial charge in [-0.25, -0.2) is 0 Å². The van der Waals surface area contributed by atoms with Crippen LogP contribution in [0.4, 0.5) is 5.69 Å². The van der Waals surface area contributed by atoms with Crippen LogP contribution in [0.15, 0.2) is 95.9 Å². The first-order valence-electron chi connectivity index (χ1n) is 8.74. The summed E-state index contributed by atoms with van der Waals surface area (Å²) in [6.45, 7) is 0.409. The van der Waals surface area contributed by atoms with Crippen molar-refractivity contribution in [3.05, 3.63) is 113 Å². The predicted octanol–water partition coefficient (Wildman–Crippen LogP) is 4.30. The summed E-state index contributed by atoms with van der Waals surface area (Å²) in [6.07, 6.45) is 1.61. The summed E-state index contributed by atoms with van der Waals surface area (Å²) in [4.78, 5) is 24.8. The lowest BCUT2D eigenvalue weighted by atomic mass is 10.0. The Kier molecular flexibility index (Phi) is 4.54. The van der Waals surface area contributed by atoms with Gasteiger partial charge >= 0.3 is 0 Å². The number of amides is 1. The SMILES string of the molecule is O=C(Nc1ccccc1)c1ccc(=O)n(Cc2cccc3ccccc23)c1. The lowest BCUT2D eigenvalue weighted by Crippen LogP contribution is -2.22. The van der Waals surface area contributed by atoms with Crippen LogP contribution in [-0.4, -0.2) is 10.5 Å². The number of anilines is 1. The molecule has 4 rings (SSSR count). The van der Waals surface area contributed by atoms with Gasteiger partial charge in [0.2, 0.25) is 0 Å². The largest absolute Gasteiger partial charge is 0.322 e. The van der Waals surface area contributed by atoms with E-state index in [1.165, 1.54) is 6.07 Å². The Morgan fingerprint density at radius 1 is 0.815 bits per heavy atom. The van der Waals surface area contributed by atoms with E-state index in [-0.39, 0.29) is 11.5 Å². The molecule has 1 amide bonds. The fourth-order valence-electron chi connectivity index (χ4n) is 3.13. The second-order valence-corrected chi connectivity index (χ2v) is 6.34. The second-order valence-electron chi connectivity index (χ2n) is 6.34. The predicted molar refractivity (Wildman–Crippen MR) is 108 cm³/mol. The molecule has 0 unspecified atom stereocenters. The fourth-order valence-corrected chi connectivity index (χ4v) is 3.13. The highest BCUT2D eigenvalue weighted by Gasteiger charge is 2.09. The van der Waals surface area contributed by atoms with Gasteiger partial charge in [-0.2, -0.15) is 0 Å². The number of nitrogens with one attached hydrogen (secondary N) is 1. The van der Waals surface area contributed by atoms with Crippen molar-refractivity contribution in [3.63, 3.8) is 0 Å². The van der Waals surface area contributed by atoms with Crippen LogP contribution in [0.2, 0.25) is 0 Å². The van der Waals surface area contributed by atoms with Gasteiger partial charge in [-0.05, 0) is 34.5 Å². The molecule has 0 aliphatic heterocycles. The summed E-state index contributed by atoms with van der Waals surface area (Å²) >= 11 is 0. The van der Waals surface area contributed by atoms with Crippen molar-refractivity contribution >= 4 is 22.4 Å². The first-order valence-corrected chi connectivity index (χ1v) is 8.74. The summed E-state index contributed by atoms with van der Waals surface area (Å²) in [5.74, 6) is -0.243. The molecule has 0 fully saturated rings. The summed E-state index contributed by atoms with van der Waals surface area (Å²) < 4.78 is 1.57. The molecule has 0 atom stereocenters. The van der Waals surface area contributed by atoms with Crippen LogP contribution >= 0.6 is 0 Å². The van der Waals surface area contributed by atoms with Crippen molar-refractivity contribution in [2.24, 2.45) is 0 Å². The number of para-hydroxylation sites is 1. The molecule has 132 valence electrons. The number of benzene rings is 3. The molecule has 0 radical (unpaired) electrons. The molecule has 1 N–H and O–H groups in total. The smallest absolute Gasteiger partial charge is 0.257 e. The number of hydrogen-bond acceptors (Lipinski definition) is 2. The Balaban J connectivity index is 1.64. The molecule has 0 saturated carbocycles. The highest BCUT2D eigenvalue weighted by Crippen LogP contribution is 2.19. The van der Waals surface area contributed by atoms with Gasteiger partial charge in [-0.1, -0.05) is 60.7 Å². The fraction of sp³-hybridized carbons (Fsp3) is 0.0435. The van der Waals surface area contributed by atoms with Crippen molar-refractivity contribution in [2.45, 2.75) is 6.54 Å². The molecule has 27 heavy (non-hydrogen) atoms. The van der Waals surface area contributed by atoms with Gasteiger partial charge in [0.25, 0.3) is 11.5 Å². The van der Waals surface area contributed by atoms with E-state index in [4.69, 9.17) is 0 Å². The van der Waals surface area contributed by atoms with E-state index in [2.05, 4.69) is 5.32 Å². The Morgan fingerprint density at radius 3 is 2.41 bits per heavy atom.